The number of nitrogens with one attached hydrogen (secondary N) is 2. The third-order valence-corrected chi connectivity index (χ3v) is 2.62. The van der Waals surface area contributed by atoms with Crippen molar-refractivity contribution in [3.63, 3.8) is 0 Å². The second-order valence-electron chi connectivity index (χ2n) is 4.43. The van der Waals surface area contributed by atoms with Gasteiger partial charge in [-0.25, -0.2) is 0 Å². The Labute approximate surface area is 92.8 Å². The van der Waals surface area contributed by atoms with E-state index in [1.54, 1.807) is 0 Å². The molecule has 0 unspecified atom stereocenters. The van der Waals surface area contributed by atoms with Crippen molar-refractivity contribution < 1.29 is 9.53 Å². The topological polar surface area (TPSA) is 71.2 Å². The predicted molar refractivity (Wildman–Crippen MR) is 58.3 cm³/mol. The number of aromatic nitrogens is 1. The number of aromatic amines is 1. The fourth-order valence-electron chi connectivity index (χ4n) is 1.50. The van der Waals surface area contributed by atoms with Gasteiger partial charge in [-0.3, -0.25) is 9.59 Å². The molecule has 2 rings (SSSR count). The normalized spacial score (nSPS) is 17.6. The summed E-state index contributed by atoms with van der Waals surface area (Å²) < 4.78 is 5.09. The highest BCUT2D eigenvalue weighted by Gasteiger charge is 2.33. The zero-order valence-corrected chi connectivity index (χ0v) is 9.08. The molecule has 86 valence electrons. The molecule has 16 heavy (non-hydrogen) atoms. The van der Waals surface area contributed by atoms with Gasteiger partial charge in [0.15, 0.2) is 0 Å². The summed E-state index contributed by atoms with van der Waals surface area (Å²) in [6.45, 7) is 4.01. The highest BCUT2D eigenvalue weighted by molar-refractivity contribution is 5.93. The van der Waals surface area contributed by atoms with Crippen molar-refractivity contribution in [3.8, 4) is 0 Å². The SMILES string of the molecule is CC1(CNC(=O)c2ccc(=O)[nH]c2)COC1. The Morgan fingerprint density at radius 3 is 2.81 bits per heavy atom. The van der Waals surface area contributed by atoms with Crippen LogP contribution in [0.5, 0.6) is 0 Å². The minimum absolute atomic E-state index is 0.0534. The molecular weight excluding hydrogens is 208 g/mol. The van der Waals surface area contributed by atoms with Crippen molar-refractivity contribution in [2.75, 3.05) is 19.8 Å². The Balaban J connectivity index is 1.92. The van der Waals surface area contributed by atoms with Crippen molar-refractivity contribution in [2.24, 2.45) is 5.41 Å². The van der Waals surface area contributed by atoms with Crippen LogP contribution >= 0.6 is 0 Å². The molecule has 2 N–H and O–H groups in total. The van der Waals surface area contributed by atoms with Gasteiger partial charge in [-0.15, -0.1) is 0 Å². The zero-order valence-electron chi connectivity index (χ0n) is 9.08. The van der Waals surface area contributed by atoms with Gasteiger partial charge < -0.3 is 15.0 Å². The molecule has 0 radical (unpaired) electrons. The number of pyridine rings is 1. The van der Waals surface area contributed by atoms with Crippen LogP contribution in [0, 0.1) is 5.41 Å². The van der Waals surface area contributed by atoms with Crippen LogP contribution < -0.4 is 10.9 Å². The summed E-state index contributed by atoms with van der Waals surface area (Å²) in [6.07, 6.45) is 1.41. The molecule has 1 aliphatic heterocycles. The van der Waals surface area contributed by atoms with Gasteiger partial charge in [0, 0.05) is 24.2 Å². The molecule has 0 atom stereocenters. The standard InChI is InChI=1S/C11H14N2O3/c1-11(6-16-7-11)5-13-10(15)8-2-3-9(14)12-4-8/h2-4H,5-7H2,1H3,(H,12,14)(H,13,15). The van der Waals surface area contributed by atoms with Gasteiger partial charge in [-0.2, -0.15) is 0 Å². The first-order valence-corrected chi connectivity index (χ1v) is 5.14. The molecule has 1 saturated heterocycles. The molecular formula is C11H14N2O3. The molecule has 1 aliphatic rings. The van der Waals surface area contributed by atoms with Gasteiger partial charge >= 0.3 is 0 Å². The second-order valence-corrected chi connectivity index (χ2v) is 4.43. The maximum Gasteiger partial charge on any atom is 0.252 e. The average Bonchev–Trinajstić information content (AvgIpc) is 2.24. The molecule has 0 spiro atoms. The van der Waals surface area contributed by atoms with E-state index >= 15 is 0 Å². The lowest BCUT2D eigenvalue weighted by atomic mass is 9.89. The average molecular weight is 222 g/mol. The number of H-pyrrole nitrogens is 1. The first kappa shape index (κ1) is 10.9. The molecule has 5 nitrogen and oxygen atoms in total. The van der Waals surface area contributed by atoms with Crippen LogP contribution in [0.3, 0.4) is 0 Å². The van der Waals surface area contributed by atoms with Gasteiger partial charge in [0.1, 0.15) is 0 Å². The molecule has 1 amide bonds. The molecule has 5 heteroatoms. The van der Waals surface area contributed by atoms with Crippen LogP contribution in [-0.2, 0) is 4.74 Å². The number of hydrogen-bond donors (Lipinski definition) is 2. The number of amides is 1. The molecule has 0 saturated carbocycles. The van der Waals surface area contributed by atoms with Gasteiger partial charge in [-0.1, -0.05) is 6.92 Å². The Hall–Kier alpha value is -1.62. The van der Waals surface area contributed by atoms with E-state index in [2.05, 4.69) is 17.2 Å². The van der Waals surface area contributed by atoms with Gasteiger partial charge in [-0.05, 0) is 6.07 Å². The van der Waals surface area contributed by atoms with Crippen molar-refractivity contribution >= 4 is 5.91 Å². The van der Waals surface area contributed by atoms with Crippen LogP contribution in [0.1, 0.15) is 17.3 Å². The van der Waals surface area contributed by atoms with E-state index in [1.165, 1.54) is 18.3 Å². The van der Waals surface area contributed by atoms with E-state index < -0.39 is 0 Å². The predicted octanol–water partition coefficient (Wildman–Crippen LogP) is 0.141. The third-order valence-electron chi connectivity index (χ3n) is 2.62. The fraction of sp³-hybridized carbons (Fsp3) is 0.455. The third kappa shape index (κ3) is 2.30. The van der Waals surface area contributed by atoms with Crippen molar-refractivity contribution in [3.05, 3.63) is 34.2 Å². The van der Waals surface area contributed by atoms with E-state index in [-0.39, 0.29) is 16.9 Å². The smallest absolute Gasteiger partial charge is 0.252 e. The van der Waals surface area contributed by atoms with Gasteiger partial charge in [0.2, 0.25) is 5.56 Å². The largest absolute Gasteiger partial charge is 0.380 e. The van der Waals surface area contributed by atoms with Crippen molar-refractivity contribution in [1.82, 2.24) is 10.3 Å². The monoisotopic (exact) mass is 222 g/mol. The highest BCUT2D eigenvalue weighted by Crippen LogP contribution is 2.25. The molecule has 1 aromatic heterocycles. The summed E-state index contributed by atoms with van der Waals surface area (Å²) in [4.78, 5) is 24.9. The number of rotatable bonds is 3. The fourth-order valence-corrected chi connectivity index (χ4v) is 1.50. The summed E-state index contributed by atoms with van der Waals surface area (Å²) in [5.41, 5.74) is 0.303. The number of ether oxygens (including phenoxy) is 1. The van der Waals surface area contributed by atoms with Crippen LogP contribution in [0.15, 0.2) is 23.1 Å². The van der Waals surface area contributed by atoms with Crippen LogP contribution in [0.4, 0.5) is 0 Å². The Bertz CT molecular complexity index is 428. The highest BCUT2D eigenvalue weighted by atomic mass is 16.5. The van der Waals surface area contributed by atoms with Crippen molar-refractivity contribution in [1.29, 1.82) is 0 Å². The Morgan fingerprint density at radius 1 is 1.56 bits per heavy atom. The second kappa shape index (κ2) is 4.09. The summed E-state index contributed by atoms with van der Waals surface area (Å²) in [7, 11) is 0. The molecule has 0 bridgehead atoms. The summed E-state index contributed by atoms with van der Waals surface area (Å²) in [6, 6.07) is 2.84. The molecule has 1 aromatic rings. The summed E-state index contributed by atoms with van der Waals surface area (Å²) in [5.74, 6) is -0.177. The molecule has 0 aliphatic carbocycles. The zero-order chi connectivity index (χ0) is 11.6. The number of carbonyl (C=O) groups excluding carboxylic acids is 1. The maximum absolute atomic E-state index is 11.7. The lowest BCUT2D eigenvalue weighted by molar-refractivity contribution is -0.0978. The van der Waals surface area contributed by atoms with Crippen LogP contribution in [0.2, 0.25) is 0 Å². The van der Waals surface area contributed by atoms with E-state index in [0.717, 1.165) is 0 Å². The lowest BCUT2D eigenvalue weighted by Crippen LogP contribution is -2.48. The lowest BCUT2D eigenvalue weighted by Gasteiger charge is -2.37. The Kier molecular flexibility index (Phi) is 2.78. The summed E-state index contributed by atoms with van der Waals surface area (Å²) in [5, 5.41) is 2.82. The number of hydrogen-bond acceptors (Lipinski definition) is 3. The molecule has 0 aromatic carbocycles. The van der Waals surface area contributed by atoms with E-state index in [0.29, 0.717) is 25.3 Å². The Morgan fingerprint density at radius 2 is 2.31 bits per heavy atom. The van der Waals surface area contributed by atoms with Crippen LogP contribution in [-0.4, -0.2) is 30.6 Å². The minimum Gasteiger partial charge on any atom is -0.380 e. The first-order valence-electron chi connectivity index (χ1n) is 5.14. The molecule has 1 fully saturated rings. The minimum atomic E-state index is -0.212. The first-order chi connectivity index (χ1) is 7.59. The van der Waals surface area contributed by atoms with E-state index in [1.807, 2.05) is 0 Å². The summed E-state index contributed by atoms with van der Waals surface area (Å²) >= 11 is 0. The van der Waals surface area contributed by atoms with Crippen LogP contribution in [0.25, 0.3) is 0 Å². The number of carbonyl (C=O) groups is 1. The van der Waals surface area contributed by atoms with Crippen molar-refractivity contribution in [2.45, 2.75) is 6.92 Å². The van der Waals surface area contributed by atoms with E-state index in [9.17, 15) is 9.59 Å². The quantitative estimate of drug-likeness (QED) is 0.764. The van der Waals surface area contributed by atoms with E-state index in [4.69, 9.17) is 4.74 Å². The maximum atomic E-state index is 11.7. The van der Waals surface area contributed by atoms with Gasteiger partial charge in [0.05, 0.1) is 18.8 Å². The van der Waals surface area contributed by atoms with Gasteiger partial charge in [0.25, 0.3) is 5.91 Å². The molecule has 2 heterocycles.